The van der Waals surface area contributed by atoms with Crippen molar-refractivity contribution in [2.24, 2.45) is 5.73 Å². The first kappa shape index (κ1) is 13.1. The van der Waals surface area contributed by atoms with Crippen LogP contribution in [-0.4, -0.2) is 12.2 Å². The van der Waals surface area contributed by atoms with Gasteiger partial charge in [-0.2, -0.15) is 0 Å². The van der Waals surface area contributed by atoms with Crippen molar-refractivity contribution < 1.29 is 14.3 Å². The van der Waals surface area contributed by atoms with E-state index in [0.717, 1.165) is 0 Å². The Morgan fingerprint density at radius 2 is 1.84 bits per heavy atom. The highest BCUT2D eigenvalue weighted by atomic mass is 35.5. The summed E-state index contributed by atoms with van der Waals surface area (Å²) in [4.78, 5) is 21.5. The summed E-state index contributed by atoms with van der Waals surface area (Å²) in [6, 6.07) is 11.1. The van der Waals surface area contributed by atoms with Gasteiger partial charge in [-0.1, -0.05) is 11.6 Å². The minimum absolute atomic E-state index is 0.337. The molecule has 0 saturated heterocycles. The average Bonchev–Trinajstić information content (AvgIpc) is 2.41. The van der Waals surface area contributed by atoms with E-state index in [9.17, 15) is 9.59 Å². The molecule has 0 fully saturated rings. The average molecular weight is 276 g/mol. The molecule has 19 heavy (non-hydrogen) atoms. The standard InChI is InChI=1S/C14H10ClNO3/c15-12-7-9(8-17)1-6-13(12)19-11-4-2-10(3-5-11)14(16)18/h1-8H,(H2,16,18). The quantitative estimate of drug-likeness (QED) is 0.872. The Labute approximate surface area is 114 Å². The Kier molecular flexibility index (Phi) is 3.82. The fourth-order valence-corrected chi connectivity index (χ4v) is 1.71. The maximum absolute atomic E-state index is 10.9. The lowest BCUT2D eigenvalue weighted by Crippen LogP contribution is -2.10. The van der Waals surface area contributed by atoms with Crippen molar-refractivity contribution in [3.63, 3.8) is 0 Å². The third kappa shape index (κ3) is 3.11. The molecule has 2 aromatic rings. The molecule has 0 atom stereocenters. The Bertz CT molecular complexity index is 623. The summed E-state index contributed by atoms with van der Waals surface area (Å²) in [6.45, 7) is 0. The van der Waals surface area contributed by atoms with E-state index in [1.165, 1.54) is 6.07 Å². The normalized spacial score (nSPS) is 9.95. The van der Waals surface area contributed by atoms with Crippen molar-refractivity contribution in [3.8, 4) is 11.5 Å². The van der Waals surface area contributed by atoms with Crippen LogP contribution < -0.4 is 10.5 Å². The van der Waals surface area contributed by atoms with Gasteiger partial charge in [0.15, 0.2) is 0 Å². The van der Waals surface area contributed by atoms with Gasteiger partial charge in [-0.25, -0.2) is 0 Å². The predicted molar refractivity (Wildman–Crippen MR) is 71.9 cm³/mol. The van der Waals surface area contributed by atoms with Crippen LogP contribution in [0.1, 0.15) is 20.7 Å². The van der Waals surface area contributed by atoms with Crippen LogP contribution in [0.15, 0.2) is 42.5 Å². The first-order chi connectivity index (χ1) is 9.10. The number of amides is 1. The topological polar surface area (TPSA) is 69.4 Å². The van der Waals surface area contributed by atoms with Crippen LogP contribution in [0.5, 0.6) is 11.5 Å². The number of hydrogen-bond donors (Lipinski definition) is 1. The van der Waals surface area contributed by atoms with E-state index in [-0.39, 0.29) is 0 Å². The summed E-state index contributed by atoms with van der Waals surface area (Å²) in [5, 5.41) is 0.337. The largest absolute Gasteiger partial charge is 0.456 e. The van der Waals surface area contributed by atoms with Gasteiger partial charge in [0.05, 0.1) is 5.02 Å². The lowest BCUT2D eigenvalue weighted by molar-refractivity contribution is 0.1000. The van der Waals surface area contributed by atoms with Gasteiger partial charge in [0, 0.05) is 11.1 Å². The number of halogens is 1. The van der Waals surface area contributed by atoms with E-state index in [0.29, 0.717) is 33.9 Å². The fourth-order valence-electron chi connectivity index (χ4n) is 1.49. The molecule has 0 aromatic heterocycles. The van der Waals surface area contributed by atoms with Gasteiger partial charge in [-0.15, -0.1) is 0 Å². The highest BCUT2D eigenvalue weighted by Crippen LogP contribution is 2.29. The summed E-state index contributed by atoms with van der Waals surface area (Å²) in [5.74, 6) is 0.449. The van der Waals surface area contributed by atoms with E-state index in [4.69, 9.17) is 22.1 Å². The Morgan fingerprint density at radius 3 is 2.37 bits per heavy atom. The van der Waals surface area contributed by atoms with Gasteiger partial charge in [-0.3, -0.25) is 9.59 Å². The van der Waals surface area contributed by atoms with Crippen molar-refractivity contribution in [1.82, 2.24) is 0 Å². The van der Waals surface area contributed by atoms with Crippen molar-refractivity contribution in [2.75, 3.05) is 0 Å². The smallest absolute Gasteiger partial charge is 0.248 e. The number of ether oxygens (including phenoxy) is 1. The zero-order valence-corrected chi connectivity index (χ0v) is 10.6. The second kappa shape index (κ2) is 5.54. The van der Waals surface area contributed by atoms with Crippen molar-refractivity contribution in [2.45, 2.75) is 0 Å². The summed E-state index contributed by atoms with van der Waals surface area (Å²) in [6.07, 6.45) is 0.706. The molecule has 0 spiro atoms. The molecule has 0 aliphatic rings. The van der Waals surface area contributed by atoms with E-state index < -0.39 is 5.91 Å². The second-order valence-electron chi connectivity index (χ2n) is 3.80. The number of aldehydes is 1. The third-order valence-corrected chi connectivity index (χ3v) is 2.75. The molecule has 96 valence electrons. The lowest BCUT2D eigenvalue weighted by atomic mass is 10.2. The third-order valence-electron chi connectivity index (χ3n) is 2.46. The Balaban J connectivity index is 2.21. The van der Waals surface area contributed by atoms with Gasteiger partial charge in [0.1, 0.15) is 17.8 Å². The van der Waals surface area contributed by atoms with E-state index in [1.54, 1.807) is 36.4 Å². The van der Waals surface area contributed by atoms with Crippen LogP contribution in [0.2, 0.25) is 5.02 Å². The van der Waals surface area contributed by atoms with Crippen LogP contribution >= 0.6 is 11.6 Å². The molecule has 4 nitrogen and oxygen atoms in total. The number of rotatable bonds is 4. The number of carbonyl (C=O) groups is 2. The van der Waals surface area contributed by atoms with Gasteiger partial charge < -0.3 is 10.5 Å². The summed E-state index contributed by atoms with van der Waals surface area (Å²) in [7, 11) is 0. The van der Waals surface area contributed by atoms with Crippen LogP contribution in [-0.2, 0) is 0 Å². The highest BCUT2D eigenvalue weighted by molar-refractivity contribution is 6.32. The minimum atomic E-state index is -0.500. The van der Waals surface area contributed by atoms with Crippen molar-refractivity contribution in [1.29, 1.82) is 0 Å². The molecule has 0 heterocycles. The minimum Gasteiger partial charge on any atom is -0.456 e. The fraction of sp³-hybridized carbons (Fsp3) is 0. The van der Waals surface area contributed by atoms with Crippen molar-refractivity contribution >= 4 is 23.8 Å². The SMILES string of the molecule is NC(=O)c1ccc(Oc2ccc(C=O)cc2Cl)cc1. The number of nitrogens with two attached hydrogens (primary N) is 1. The molecule has 2 rings (SSSR count). The second-order valence-corrected chi connectivity index (χ2v) is 4.21. The molecule has 2 aromatic carbocycles. The maximum atomic E-state index is 10.9. The number of carbonyl (C=O) groups excluding carboxylic acids is 2. The van der Waals surface area contributed by atoms with Gasteiger partial charge >= 0.3 is 0 Å². The van der Waals surface area contributed by atoms with Gasteiger partial charge in [-0.05, 0) is 42.5 Å². The number of hydrogen-bond acceptors (Lipinski definition) is 3. The highest BCUT2D eigenvalue weighted by Gasteiger charge is 2.05. The molecule has 2 N–H and O–H groups in total. The summed E-state index contributed by atoms with van der Waals surface area (Å²) < 4.78 is 5.54. The van der Waals surface area contributed by atoms with Gasteiger partial charge in [0.25, 0.3) is 0 Å². The lowest BCUT2D eigenvalue weighted by Gasteiger charge is -2.08. The molecular weight excluding hydrogens is 266 g/mol. The van der Waals surface area contributed by atoms with Crippen LogP contribution in [0, 0.1) is 0 Å². The van der Waals surface area contributed by atoms with Crippen LogP contribution in [0.3, 0.4) is 0 Å². The molecular formula is C14H10ClNO3. The first-order valence-corrected chi connectivity index (χ1v) is 5.80. The molecule has 0 aliphatic heterocycles. The molecule has 5 heteroatoms. The van der Waals surface area contributed by atoms with Gasteiger partial charge in [0.2, 0.25) is 5.91 Å². The van der Waals surface area contributed by atoms with E-state index >= 15 is 0 Å². The predicted octanol–water partition coefficient (Wildman–Crippen LogP) is 3.04. The molecule has 0 aliphatic carbocycles. The van der Waals surface area contributed by atoms with Crippen LogP contribution in [0.25, 0.3) is 0 Å². The maximum Gasteiger partial charge on any atom is 0.248 e. The van der Waals surface area contributed by atoms with E-state index in [1.807, 2.05) is 0 Å². The molecule has 1 amide bonds. The molecule has 0 bridgehead atoms. The Hall–Kier alpha value is -2.33. The first-order valence-electron chi connectivity index (χ1n) is 5.42. The van der Waals surface area contributed by atoms with E-state index in [2.05, 4.69) is 0 Å². The van der Waals surface area contributed by atoms with Crippen molar-refractivity contribution in [3.05, 3.63) is 58.6 Å². The zero-order chi connectivity index (χ0) is 13.8. The molecule has 0 saturated carbocycles. The monoisotopic (exact) mass is 275 g/mol. The molecule has 0 unspecified atom stereocenters. The molecule has 0 radical (unpaired) electrons. The number of primary amides is 1. The summed E-state index contributed by atoms with van der Waals surface area (Å²) in [5.41, 5.74) is 6.01. The van der Waals surface area contributed by atoms with Crippen LogP contribution in [0.4, 0.5) is 0 Å². The Morgan fingerprint density at radius 1 is 1.16 bits per heavy atom. The summed E-state index contributed by atoms with van der Waals surface area (Å²) >= 11 is 5.98. The number of benzene rings is 2. The zero-order valence-electron chi connectivity index (χ0n) is 9.80.